The molecule has 0 amide bonds. The molecule has 98 valence electrons. The van der Waals surface area contributed by atoms with E-state index in [1.54, 1.807) is 0 Å². The second-order valence-electron chi connectivity index (χ2n) is 4.85. The number of anilines is 1. The summed E-state index contributed by atoms with van der Waals surface area (Å²) in [5, 5.41) is 9.64. The van der Waals surface area contributed by atoms with Crippen molar-refractivity contribution < 1.29 is 0 Å². The Morgan fingerprint density at radius 1 is 1.17 bits per heavy atom. The Labute approximate surface area is 117 Å². The van der Waals surface area contributed by atoms with Gasteiger partial charge in [-0.25, -0.2) is 5.84 Å². The van der Waals surface area contributed by atoms with Gasteiger partial charge < -0.3 is 0 Å². The fourth-order valence-corrected chi connectivity index (χ4v) is 2.41. The first-order valence-electron chi connectivity index (χ1n) is 5.42. The summed E-state index contributed by atoms with van der Waals surface area (Å²) in [4.78, 5) is 0. The molecule has 0 saturated heterocycles. The molecule has 1 aromatic heterocycles. The molecule has 4 nitrogen and oxygen atoms in total. The van der Waals surface area contributed by atoms with Crippen LogP contribution in [0.25, 0.3) is 10.6 Å². The van der Waals surface area contributed by atoms with E-state index in [1.807, 2.05) is 12.1 Å². The Hall–Kier alpha value is -1.17. The maximum Gasteiger partial charge on any atom is 0.220 e. The molecule has 1 heterocycles. The number of rotatable bonds is 2. The number of halogens is 1. The topological polar surface area (TPSA) is 63.8 Å². The number of nitrogens with zero attached hydrogens (tertiary/aromatic N) is 2. The molecule has 0 radical (unpaired) electrons. The van der Waals surface area contributed by atoms with Crippen LogP contribution in [0.3, 0.4) is 0 Å². The lowest BCUT2D eigenvalue weighted by molar-refractivity contribution is 0.592. The Kier molecular flexibility index (Phi) is 4.67. The van der Waals surface area contributed by atoms with Crippen molar-refractivity contribution in [2.45, 2.75) is 26.2 Å². The summed E-state index contributed by atoms with van der Waals surface area (Å²) >= 11 is 1.46. The van der Waals surface area contributed by atoms with Crippen LogP contribution in [0.1, 0.15) is 26.3 Å². The largest absolute Gasteiger partial charge is 0.298 e. The molecule has 0 saturated carbocycles. The first-order chi connectivity index (χ1) is 8.02. The first-order valence-corrected chi connectivity index (χ1v) is 6.24. The Morgan fingerprint density at radius 3 is 2.39 bits per heavy atom. The van der Waals surface area contributed by atoms with E-state index in [0.717, 1.165) is 10.6 Å². The van der Waals surface area contributed by atoms with E-state index in [-0.39, 0.29) is 17.8 Å². The van der Waals surface area contributed by atoms with Gasteiger partial charge in [-0.1, -0.05) is 56.4 Å². The summed E-state index contributed by atoms with van der Waals surface area (Å²) in [7, 11) is 0. The average Bonchev–Trinajstić information content (AvgIpc) is 2.76. The predicted octanol–water partition coefficient (Wildman–Crippen LogP) is 3.21. The van der Waals surface area contributed by atoms with Gasteiger partial charge in [-0.05, 0) is 11.0 Å². The van der Waals surface area contributed by atoms with Gasteiger partial charge in [0.1, 0.15) is 5.01 Å². The minimum atomic E-state index is 0. The molecular formula is C12H17ClN4S. The van der Waals surface area contributed by atoms with Crippen LogP contribution in [0.5, 0.6) is 0 Å². The first kappa shape index (κ1) is 14.9. The minimum absolute atomic E-state index is 0. The molecule has 0 unspecified atom stereocenters. The molecule has 0 aliphatic heterocycles. The van der Waals surface area contributed by atoms with Gasteiger partial charge in [0.05, 0.1) is 0 Å². The van der Waals surface area contributed by atoms with E-state index in [0.29, 0.717) is 5.13 Å². The van der Waals surface area contributed by atoms with E-state index in [9.17, 15) is 0 Å². The van der Waals surface area contributed by atoms with Crippen LogP contribution in [-0.2, 0) is 5.41 Å². The van der Waals surface area contributed by atoms with Crippen LogP contribution >= 0.6 is 23.7 Å². The third-order valence-corrected chi connectivity index (χ3v) is 3.40. The summed E-state index contributed by atoms with van der Waals surface area (Å²) in [6.45, 7) is 6.57. The summed E-state index contributed by atoms with van der Waals surface area (Å²) < 4.78 is 0. The Bertz CT molecular complexity index is 519. The molecule has 0 bridgehead atoms. The number of nitrogens with two attached hydrogens (primary N) is 1. The van der Waals surface area contributed by atoms with E-state index in [1.165, 1.54) is 16.9 Å². The molecular weight excluding hydrogens is 268 g/mol. The van der Waals surface area contributed by atoms with Crippen molar-refractivity contribution in [1.29, 1.82) is 0 Å². The Balaban J connectivity index is 0.00000162. The maximum absolute atomic E-state index is 5.32. The molecule has 1 aromatic carbocycles. The lowest BCUT2D eigenvalue weighted by atomic mass is 9.84. The molecule has 3 N–H and O–H groups in total. The van der Waals surface area contributed by atoms with Crippen LogP contribution in [0.4, 0.5) is 5.13 Å². The smallest absolute Gasteiger partial charge is 0.220 e. The maximum atomic E-state index is 5.32. The van der Waals surface area contributed by atoms with E-state index >= 15 is 0 Å². The van der Waals surface area contributed by atoms with Gasteiger partial charge >= 0.3 is 0 Å². The highest BCUT2D eigenvalue weighted by atomic mass is 35.5. The quantitative estimate of drug-likeness (QED) is 0.656. The number of benzene rings is 1. The van der Waals surface area contributed by atoms with Gasteiger partial charge in [-0.3, -0.25) is 5.43 Å². The van der Waals surface area contributed by atoms with Crippen molar-refractivity contribution >= 4 is 28.9 Å². The fourth-order valence-electron chi connectivity index (χ4n) is 1.71. The summed E-state index contributed by atoms with van der Waals surface area (Å²) in [6.07, 6.45) is 0. The minimum Gasteiger partial charge on any atom is -0.298 e. The average molecular weight is 285 g/mol. The van der Waals surface area contributed by atoms with Crippen molar-refractivity contribution in [2.75, 3.05) is 5.43 Å². The molecule has 0 atom stereocenters. The van der Waals surface area contributed by atoms with Crippen molar-refractivity contribution in [3.05, 3.63) is 29.8 Å². The molecule has 2 rings (SSSR count). The highest BCUT2D eigenvalue weighted by molar-refractivity contribution is 7.18. The monoisotopic (exact) mass is 284 g/mol. The van der Waals surface area contributed by atoms with E-state index in [2.05, 4.69) is 48.5 Å². The van der Waals surface area contributed by atoms with Gasteiger partial charge in [0, 0.05) is 5.56 Å². The summed E-state index contributed by atoms with van der Waals surface area (Å²) in [5.41, 5.74) is 4.99. The normalized spacial score (nSPS) is 10.9. The van der Waals surface area contributed by atoms with Gasteiger partial charge in [-0.2, -0.15) is 0 Å². The van der Waals surface area contributed by atoms with Gasteiger partial charge in [0.25, 0.3) is 0 Å². The molecule has 18 heavy (non-hydrogen) atoms. The number of nitrogens with one attached hydrogen (secondary N) is 1. The molecule has 0 aliphatic rings. The highest BCUT2D eigenvalue weighted by Crippen LogP contribution is 2.34. The van der Waals surface area contributed by atoms with Crippen LogP contribution in [0.2, 0.25) is 0 Å². The van der Waals surface area contributed by atoms with E-state index in [4.69, 9.17) is 5.84 Å². The highest BCUT2D eigenvalue weighted by Gasteiger charge is 2.20. The zero-order valence-corrected chi connectivity index (χ0v) is 12.2. The second kappa shape index (κ2) is 5.65. The second-order valence-corrected chi connectivity index (χ2v) is 5.83. The number of nitrogen functional groups attached to an aromatic ring is 1. The van der Waals surface area contributed by atoms with Gasteiger partial charge in [0.2, 0.25) is 5.13 Å². The summed E-state index contributed by atoms with van der Waals surface area (Å²) in [6, 6.07) is 8.27. The lowest BCUT2D eigenvalue weighted by Crippen LogP contribution is -2.12. The standard InChI is InChI=1S/C12H16N4S.ClH/c1-12(2,3)9-7-5-4-6-8(9)10-15-16-11(14-13)17-10;/h4-7H,13H2,1-3H3,(H,14,16);1H. The SMILES string of the molecule is CC(C)(C)c1ccccc1-c1nnc(NN)s1.Cl. The Morgan fingerprint density at radius 2 is 1.83 bits per heavy atom. The third kappa shape index (κ3) is 2.98. The molecule has 0 spiro atoms. The molecule has 0 fully saturated rings. The van der Waals surface area contributed by atoms with Gasteiger partial charge in [-0.15, -0.1) is 22.6 Å². The summed E-state index contributed by atoms with van der Waals surface area (Å²) in [5.74, 6) is 5.32. The van der Waals surface area contributed by atoms with Crippen LogP contribution in [0.15, 0.2) is 24.3 Å². The zero-order valence-electron chi connectivity index (χ0n) is 10.6. The number of aromatic nitrogens is 2. The van der Waals surface area contributed by atoms with Crippen molar-refractivity contribution in [1.82, 2.24) is 10.2 Å². The van der Waals surface area contributed by atoms with Crippen molar-refractivity contribution in [3.8, 4) is 10.6 Å². The van der Waals surface area contributed by atoms with Crippen LogP contribution in [-0.4, -0.2) is 10.2 Å². The fraction of sp³-hybridized carbons (Fsp3) is 0.333. The van der Waals surface area contributed by atoms with Crippen molar-refractivity contribution in [2.24, 2.45) is 5.84 Å². The van der Waals surface area contributed by atoms with E-state index < -0.39 is 0 Å². The number of hydrogen-bond acceptors (Lipinski definition) is 5. The van der Waals surface area contributed by atoms with Gasteiger partial charge in [0.15, 0.2) is 0 Å². The van der Waals surface area contributed by atoms with Crippen LogP contribution < -0.4 is 11.3 Å². The lowest BCUT2D eigenvalue weighted by Gasteiger charge is -2.21. The third-order valence-electron chi connectivity index (χ3n) is 2.51. The number of hydrazine groups is 1. The number of hydrogen-bond donors (Lipinski definition) is 2. The van der Waals surface area contributed by atoms with Crippen molar-refractivity contribution in [3.63, 3.8) is 0 Å². The molecule has 2 aromatic rings. The molecule has 0 aliphatic carbocycles. The molecule has 6 heteroatoms. The zero-order chi connectivity index (χ0) is 12.5. The van der Waals surface area contributed by atoms with Crippen LogP contribution in [0, 0.1) is 0 Å². The predicted molar refractivity (Wildman–Crippen MR) is 79.1 cm³/mol.